The number of rotatable bonds is 6. The fourth-order valence-corrected chi connectivity index (χ4v) is 1.38. The summed E-state index contributed by atoms with van der Waals surface area (Å²) in [5, 5.41) is 13.3. The minimum atomic E-state index is -0.477. The predicted molar refractivity (Wildman–Crippen MR) is 64.7 cm³/mol. The summed E-state index contributed by atoms with van der Waals surface area (Å²) in [6.07, 6.45) is 4.47. The van der Waals surface area contributed by atoms with Crippen LogP contribution in [0.25, 0.3) is 0 Å². The van der Waals surface area contributed by atoms with Gasteiger partial charge in [-0.25, -0.2) is 9.37 Å². The first-order chi connectivity index (χ1) is 8.79. The van der Waals surface area contributed by atoms with Gasteiger partial charge in [0.1, 0.15) is 0 Å². The largest absolute Gasteiger partial charge is 0.366 e. The van der Waals surface area contributed by atoms with Crippen molar-refractivity contribution in [1.82, 2.24) is 25.0 Å². The fraction of sp³-hybridized carbons (Fsp3) is 0.400. The van der Waals surface area contributed by atoms with Gasteiger partial charge in [0.2, 0.25) is 5.95 Å². The highest BCUT2D eigenvalue weighted by atomic mass is 19.1. The average molecular weight is 251 g/mol. The molecule has 2 rings (SSSR count). The van der Waals surface area contributed by atoms with E-state index in [9.17, 15) is 4.39 Å². The van der Waals surface area contributed by atoms with Crippen molar-refractivity contribution >= 4 is 11.8 Å². The Labute approximate surface area is 103 Å². The number of nitrogens with one attached hydrogen (secondary N) is 2. The average Bonchev–Trinajstić information content (AvgIpc) is 2.86. The summed E-state index contributed by atoms with van der Waals surface area (Å²) in [6.45, 7) is 3.69. The zero-order valence-electron chi connectivity index (χ0n) is 9.97. The van der Waals surface area contributed by atoms with E-state index in [1.807, 2.05) is 6.92 Å². The molecule has 0 amide bonds. The molecule has 0 aromatic carbocycles. The lowest BCUT2D eigenvalue weighted by Gasteiger charge is -2.08. The Morgan fingerprint density at radius 2 is 2.28 bits per heavy atom. The van der Waals surface area contributed by atoms with Crippen molar-refractivity contribution < 1.29 is 4.39 Å². The highest BCUT2D eigenvalue weighted by Crippen LogP contribution is 2.11. The number of nitrogens with zero attached hydrogens (tertiary/aromatic N) is 5. The van der Waals surface area contributed by atoms with Crippen molar-refractivity contribution in [2.24, 2.45) is 0 Å². The molecule has 0 radical (unpaired) electrons. The Kier molecular flexibility index (Phi) is 4.00. The molecule has 0 aliphatic rings. The lowest BCUT2D eigenvalue weighted by molar-refractivity contribution is 0.596. The lowest BCUT2D eigenvalue weighted by Crippen LogP contribution is -2.14. The van der Waals surface area contributed by atoms with E-state index in [0.717, 1.165) is 6.20 Å². The molecular formula is C10H14FN7. The summed E-state index contributed by atoms with van der Waals surface area (Å²) in [4.78, 5) is 7.85. The highest BCUT2D eigenvalue weighted by Gasteiger charge is 2.05. The van der Waals surface area contributed by atoms with Gasteiger partial charge in [-0.15, -0.1) is 5.10 Å². The van der Waals surface area contributed by atoms with E-state index in [-0.39, 0.29) is 5.82 Å². The topological polar surface area (TPSA) is 80.5 Å². The summed E-state index contributed by atoms with van der Waals surface area (Å²) >= 11 is 0. The van der Waals surface area contributed by atoms with Gasteiger partial charge in [0.05, 0.1) is 18.9 Å². The Morgan fingerprint density at radius 1 is 1.39 bits per heavy atom. The summed E-state index contributed by atoms with van der Waals surface area (Å²) in [5.41, 5.74) is 0. The summed E-state index contributed by atoms with van der Waals surface area (Å²) in [6, 6.07) is 0. The molecule has 2 aromatic rings. The minimum absolute atomic E-state index is 0.182. The standard InChI is InChI=1S/C10H14FN7/c1-2-12-10-14-7-8(11)9(16-10)13-3-5-18-6-4-15-17-18/h4,6-7H,2-3,5H2,1H3,(H2,12,13,14,16). The smallest absolute Gasteiger partial charge is 0.224 e. The van der Waals surface area contributed by atoms with Gasteiger partial charge in [0.15, 0.2) is 11.6 Å². The zero-order chi connectivity index (χ0) is 12.8. The number of halogens is 1. The van der Waals surface area contributed by atoms with Crippen LogP contribution in [0.2, 0.25) is 0 Å². The van der Waals surface area contributed by atoms with Crippen LogP contribution in [0.4, 0.5) is 16.2 Å². The third kappa shape index (κ3) is 3.12. The first kappa shape index (κ1) is 12.2. The van der Waals surface area contributed by atoms with Gasteiger partial charge < -0.3 is 10.6 Å². The van der Waals surface area contributed by atoms with Gasteiger partial charge in [0, 0.05) is 19.3 Å². The monoisotopic (exact) mass is 251 g/mol. The van der Waals surface area contributed by atoms with Gasteiger partial charge in [-0.2, -0.15) is 4.98 Å². The van der Waals surface area contributed by atoms with Gasteiger partial charge in [-0.05, 0) is 6.92 Å². The quantitative estimate of drug-likeness (QED) is 0.788. The molecule has 7 nitrogen and oxygen atoms in total. The van der Waals surface area contributed by atoms with E-state index < -0.39 is 5.82 Å². The molecule has 2 heterocycles. The van der Waals surface area contributed by atoms with Crippen LogP contribution in [0.15, 0.2) is 18.6 Å². The van der Waals surface area contributed by atoms with Crippen LogP contribution >= 0.6 is 0 Å². The van der Waals surface area contributed by atoms with Crippen molar-refractivity contribution in [3.05, 3.63) is 24.4 Å². The second kappa shape index (κ2) is 5.89. The number of aromatic nitrogens is 5. The van der Waals surface area contributed by atoms with Crippen LogP contribution in [-0.2, 0) is 6.54 Å². The van der Waals surface area contributed by atoms with E-state index in [2.05, 4.69) is 30.9 Å². The Hall–Kier alpha value is -2.25. The summed E-state index contributed by atoms with van der Waals surface area (Å²) in [5.74, 6) is 0.110. The van der Waals surface area contributed by atoms with E-state index in [0.29, 0.717) is 25.6 Å². The lowest BCUT2D eigenvalue weighted by atomic mass is 10.5. The van der Waals surface area contributed by atoms with E-state index in [1.54, 1.807) is 17.1 Å². The Balaban J connectivity index is 1.93. The van der Waals surface area contributed by atoms with Crippen LogP contribution < -0.4 is 10.6 Å². The highest BCUT2D eigenvalue weighted by molar-refractivity contribution is 5.40. The molecule has 0 spiro atoms. The van der Waals surface area contributed by atoms with Crippen LogP contribution in [0, 0.1) is 5.82 Å². The van der Waals surface area contributed by atoms with Crippen LogP contribution in [-0.4, -0.2) is 38.1 Å². The molecule has 0 aliphatic carbocycles. The van der Waals surface area contributed by atoms with Crippen molar-refractivity contribution in [3.63, 3.8) is 0 Å². The maximum absolute atomic E-state index is 13.4. The predicted octanol–water partition coefficient (Wildman–Crippen LogP) is 0.751. The summed E-state index contributed by atoms with van der Waals surface area (Å²) < 4.78 is 15.1. The summed E-state index contributed by atoms with van der Waals surface area (Å²) in [7, 11) is 0. The third-order valence-electron chi connectivity index (χ3n) is 2.18. The van der Waals surface area contributed by atoms with E-state index >= 15 is 0 Å². The maximum Gasteiger partial charge on any atom is 0.224 e. The van der Waals surface area contributed by atoms with Crippen molar-refractivity contribution in [3.8, 4) is 0 Å². The minimum Gasteiger partial charge on any atom is -0.366 e. The van der Waals surface area contributed by atoms with E-state index in [4.69, 9.17) is 0 Å². The van der Waals surface area contributed by atoms with Crippen molar-refractivity contribution in [1.29, 1.82) is 0 Å². The number of anilines is 2. The van der Waals surface area contributed by atoms with Gasteiger partial charge in [0.25, 0.3) is 0 Å². The van der Waals surface area contributed by atoms with E-state index in [1.165, 1.54) is 0 Å². The molecule has 2 aromatic heterocycles. The first-order valence-corrected chi connectivity index (χ1v) is 5.64. The molecule has 2 N–H and O–H groups in total. The third-order valence-corrected chi connectivity index (χ3v) is 2.18. The zero-order valence-corrected chi connectivity index (χ0v) is 9.97. The van der Waals surface area contributed by atoms with Crippen LogP contribution in [0.5, 0.6) is 0 Å². The van der Waals surface area contributed by atoms with Crippen LogP contribution in [0.3, 0.4) is 0 Å². The fourth-order valence-electron chi connectivity index (χ4n) is 1.38. The number of hydrogen-bond donors (Lipinski definition) is 2. The molecule has 0 unspecified atom stereocenters. The molecule has 0 atom stereocenters. The molecule has 18 heavy (non-hydrogen) atoms. The molecule has 0 fully saturated rings. The van der Waals surface area contributed by atoms with Gasteiger partial charge >= 0.3 is 0 Å². The van der Waals surface area contributed by atoms with Gasteiger partial charge in [-0.1, -0.05) is 5.21 Å². The second-order valence-corrected chi connectivity index (χ2v) is 3.51. The number of hydrogen-bond acceptors (Lipinski definition) is 6. The molecule has 0 aliphatic heterocycles. The molecule has 96 valence electrons. The SMILES string of the molecule is CCNc1ncc(F)c(NCCn2ccnn2)n1. The Morgan fingerprint density at radius 3 is 3.00 bits per heavy atom. The Bertz CT molecular complexity index is 485. The molecular weight excluding hydrogens is 237 g/mol. The van der Waals surface area contributed by atoms with Crippen LogP contribution in [0.1, 0.15) is 6.92 Å². The van der Waals surface area contributed by atoms with Gasteiger partial charge in [-0.3, -0.25) is 4.68 Å². The maximum atomic E-state index is 13.4. The molecule has 0 saturated heterocycles. The molecule has 8 heteroatoms. The first-order valence-electron chi connectivity index (χ1n) is 5.64. The molecule has 0 bridgehead atoms. The van der Waals surface area contributed by atoms with Crippen molar-refractivity contribution in [2.75, 3.05) is 23.7 Å². The molecule has 0 saturated carbocycles. The normalized spacial score (nSPS) is 10.3. The van der Waals surface area contributed by atoms with Crippen molar-refractivity contribution in [2.45, 2.75) is 13.5 Å². The second-order valence-electron chi connectivity index (χ2n) is 3.51.